The molecule has 0 aliphatic heterocycles. The fourth-order valence-corrected chi connectivity index (χ4v) is 6.37. The summed E-state index contributed by atoms with van der Waals surface area (Å²) in [6, 6.07) is 11.3. The summed E-state index contributed by atoms with van der Waals surface area (Å²) in [5, 5.41) is 8.94. The maximum Gasteiger partial charge on any atom is 0.460 e. The summed E-state index contributed by atoms with van der Waals surface area (Å²) in [5.74, 6) is -56.9. The number of alkyl halides is 17. The van der Waals surface area contributed by atoms with Gasteiger partial charge in [-0.1, -0.05) is 77.1 Å². The minimum atomic E-state index is -8.70. The van der Waals surface area contributed by atoms with Gasteiger partial charge in [0.15, 0.2) is 0 Å². The van der Waals surface area contributed by atoms with Crippen LogP contribution >= 0.6 is 0 Å². The number of hydrogen-bond acceptors (Lipinski definition) is 3. The van der Waals surface area contributed by atoms with Crippen LogP contribution in [-0.2, 0) is 17.8 Å². The number of aromatic nitrogens is 3. The van der Waals surface area contributed by atoms with Gasteiger partial charge in [0.2, 0.25) is 0 Å². The highest BCUT2D eigenvalue weighted by Gasteiger charge is 2.95. The van der Waals surface area contributed by atoms with Gasteiger partial charge < -0.3 is 4.74 Å². The summed E-state index contributed by atoms with van der Waals surface area (Å²) >= 11 is 0. The second kappa shape index (κ2) is 13.9. The highest BCUT2D eigenvalue weighted by molar-refractivity contribution is 5.74. The molecule has 57 heavy (non-hydrogen) atoms. The lowest BCUT2D eigenvalue weighted by Crippen LogP contribution is -2.74. The molecule has 0 spiro atoms. The molecular weight excluding hydrogens is 813 g/mol. The van der Waals surface area contributed by atoms with E-state index in [2.05, 4.69) is 10.2 Å². The molecule has 0 fully saturated rings. The van der Waals surface area contributed by atoms with E-state index in [1.165, 1.54) is 11.9 Å². The molecule has 1 aromatic heterocycles. The standard InChI is InChI=1S/C36H32F17N3O/c1-27(2,3)18-28(4,5)22-16-20(26(57-6)25(17-22)56-54-23-9-7-8-10-24(23)55-56)15-19-11-13-21(14-12-19)29(37,38)30(39,40)31(41,42)32(43,44)33(45,46)34(47,48)35(49,50)36(51,52)53/h7-14,16-17H,15,18H2,1-6H3. The Morgan fingerprint density at radius 1 is 0.544 bits per heavy atom. The van der Waals surface area contributed by atoms with Gasteiger partial charge >= 0.3 is 47.6 Å². The van der Waals surface area contributed by atoms with Crippen LogP contribution in [0.25, 0.3) is 16.7 Å². The molecule has 4 rings (SSSR count). The zero-order chi connectivity index (χ0) is 43.8. The first-order chi connectivity index (χ1) is 25.5. The van der Waals surface area contributed by atoms with Gasteiger partial charge in [-0.15, -0.1) is 15.0 Å². The van der Waals surface area contributed by atoms with Crippen LogP contribution in [0.5, 0.6) is 5.75 Å². The number of nitrogens with zero attached hydrogens (tertiary/aromatic N) is 3. The summed E-state index contributed by atoms with van der Waals surface area (Å²) < 4.78 is 241. The second-order valence-electron chi connectivity index (χ2n) is 15.2. The Labute approximate surface area is 313 Å². The Morgan fingerprint density at radius 2 is 0.982 bits per heavy atom. The molecule has 4 aromatic rings. The number of rotatable bonds is 13. The summed E-state index contributed by atoms with van der Waals surface area (Å²) in [4.78, 5) is 1.26. The molecule has 3 aromatic carbocycles. The zero-order valence-electron chi connectivity index (χ0n) is 30.4. The van der Waals surface area contributed by atoms with Crippen molar-refractivity contribution in [1.29, 1.82) is 0 Å². The number of halogens is 17. The molecular formula is C36H32F17N3O. The van der Waals surface area contributed by atoms with Crippen molar-refractivity contribution in [3.63, 3.8) is 0 Å². The maximum atomic E-state index is 15.0. The van der Waals surface area contributed by atoms with Crippen molar-refractivity contribution in [2.75, 3.05) is 7.11 Å². The van der Waals surface area contributed by atoms with Gasteiger partial charge in [-0.05, 0) is 46.6 Å². The molecule has 0 bridgehead atoms. The van der Waals surface area contributed by atoms with Crippen molar-refractivity contribution in [1.82, 2.24) is 15.0 Å². The van der Waals surface area contributed by atoms with Gasteiger partial charge in [0.05, 0.1) is 7.11 Å². The van der Waals surface area contributed by atoms with Crippen molar-refractivity contribution in [2.24, 2.45) is 5.41 Å². The molecule has 21 heteroatoms. The van der Waals surface area contributed by atoms with Crippen molar-refractivity contribution in [3.8, 4) is 11.4 Å². The Balaban J connectivity index is 1.78. The van der Waals surface area contributed by atoms with Crippen LogP contribution in [0.1, 0.15) is 63.3 Å². The number of hydrogen-bond donors (Lipinski definition) is 0. The van der Waals surface area contributed by atoms with Crippen LogP contribution < -0.4 is 4.74 Å². The van der Waals surface area contributed by atoms with Crippen molar-refractivity contribution < 1.29 is 79.4 Å². The number of ether oxygens (including phenoxy) is 1. The van der Waals surface area contributed by atoms with Gasteiger partial charge in [-0.2, -0.15) is 74.6 Å². The smallest absolute Gasteiger partial charge is 0.460 e. The SMILES string of the molecule is COc1c(Cc2ccc(C(F)(F)C(F)(F)C(F)(F)C(F)(F)C(F)(F)C(F)(F)C(F)(F)C(F)(F)F)cc2)cc(C(C)(C)CC(C)(C)C)cc1-n1nc2ccccc2n1. The number of fused-ring (bicyclic) bond motifs is 1. The normalized spacial score (nSPS) is 14.7. The minimum Gasteiger partial charge on any atom is -0.494 e. The molecule has 4 nitrogen and oxygen atoms in total. The van der Waals surface area contributed by atoms with E-state index in [1.54, 1.807) is 36.4 Å². The zero-order valence-corrected chi connectivity index (χ0v) is 30.4. The third kappa shape index (κ3) is 7.35. The molecule has 0 amide bonds. The molecule has 0 saturated carbocycles. The number of benzene rings is 3. The molecule has 0 aliphatic carbocycles. The Kier molecular flexibility index (Phi) is 11.1. The first-order valence-electron chi connectivity index (χ1n) is 16.4. The average molecular weight is 846 g/mol. The highest BCUT2D eigenvalue weighted by Crippen LogP contribution is 2.65. The van der Waals surface area contributed by atoms with E-state index in [-0.39, 0.29) is 41.0 Å². The monoisotopic (exact) mass is 845 g/mol. The van der Waals surface area contributed by atoms with Gasteiger partial charge in [0.25, 0.3) is 0 Å². The fourth-order valence-electron chi connectivity index (χ4n) is 6.37. The first-order valence-corrected chi connectivity index (χ1v) is 16.4. The molecule has 0 radical (unpaired) electrons. The Hall–Kier alpha value is -4.33. The molecule has 0 unspecified atom stereocenters. The van der Waals surface area contributed by atoms with Gasteiger partial charge in [-0.25, -0.2) is 0 Å². The summed E-state index contributed by atoms with van der Waals surface area (Å²) in [6.07, 6.45) is -7.53. The Morgan fingerprint density at radius 3 is 1.40 bits per heavy atom. The molecule has 0 N–H and O–H groups in total. The van der Waals surface area contributed by atoms with Gasteiger partial charge in [0.1, 0.15) is 22.5 Å². The number of methoxy groups -OCH3 is 1. The fraction of sp³-hybridized carbons (Fsp3) is 0.500. The van der Waals surface area contributed by atoms with Crippen LogP contribution in [0, 0.1) is 5.41 Å². The van der Waals surface area contributed by atoms with E-state index in [1.807, 2.05) is 34.6 Å². The third-order valence-corrected chi connectivity index (χ3v) is 9.04. The first kappa shape index (κ1) is 45.4. The van der Waals surface area contributed by atoms with Crippen molar-refractivity contribution in [3.05, 3.63) is 82.9 Å². The molecule has 0 aliphatic rings. The molecule has 1 heterocycles. The summed E-state index contributed by atoms with van der Waals surface area (Å²) in [6.45, 7) is 9.76. The quantitative estimate of drug-likeness (QED) is 0.126. The topological polar surface area (TPSA) is 39.9 Å². The lowest BCUT2D eigenvalue weighted by molar-refractivity contribution is -0.462. The van der Waals surface area contributed by atoms with E-state index in [4.69, 9.17) is 4.74 Å². The van der Waals surface area contributed by atoms with Crippen LogP contribution in [-0.4, -0.2) is 63.8 Å². The van der Waals surface area contributed by atoms with Crippen LogP contribution in [0.3, 0.4) is 0 Å². The van der Waals surface area contributed by atoms with Crippen LogP contribution in [0.2, 0.25) is 0 Å². The molecule has 0 saturated heterocycles. The van der Waals surface area contributed by atoms with Gasteiger partial charge in [-0.3, -0.25) is 0 Å². The predicted octanol–water partition coefficient (Wildman–Crippen LogP) is 12.2. The molecule has 316 valence electrons. The van der Waals surface area contributed by atoms with Crippen molar-refractivity contribution in [2.45, 2.75) is 101 Å². The lowest BCUT2D eigenvalue weighted by atomic mass is 9.72. The summed E-state index contributed by atoms with van der Waals surface area (Å²) in [5.41, 5.74) is -0.959. The minimum absolute atomic E-state index is 0.0232. The van der Waals surface area contributed by atoms with E-state index in [9.17, 15) is 65.9 Å². The van der Waals surface area contributed by atoms with E-state index < -0.39 is 58.6 Å². The highest BCUT2D eigenvalue weighted by atomic mass is 19.4. The maximum absolute atomic E-state index is 15.0. The lowest BCUT2D eigenvalue weighted by Gasteiger charge is -2.42. The van der Waals surface area contributed by atoms with E-state index in [0.717, 1.165) is 0 Å². The third-order valence-electron chi connectivity index (χ3n) is 9.04. The van der Waals surface area contributed by atoms with Crippen LogP contribution in [0.4, 0.5) is 74.6 Å². The van der Waals surface area contributed by atoms with Gasteiger partial charge in [0, 0.05) is 17.5 Å². The predicted molar refractivity (Wildman–Crippen MR) is 171 cm³/mol. The average Bonchev–Trinajstić information content (AvgIpc) is 3.50. The van der Waals surface area contributed by atoms with E-state index >= 15 is 8.78 Å². The second-order valence-corrected chi connectivity index (χ2v) is 15.2. The van der Waals surface area contributed by atoms with E-state index in [0.29, 0.717) is 40.7 Å². The Bertz CT molecular complexity index is 2050. The molecule has 0 atom stereocenters. The van der Waals surface area contributed by atoms with Crippen molar-refractivity contribution >= 4 is 11.0 Å². The summed E-state index contributed by atoms with van der Waals surface area (Å²) in [7, 11) is 1.26. The van der Waals surface area contributed by atoms with Crippen LogP contribution in [0.15, 0.2) is 60.7 Å². The largest absolute Gasteiger partial charge is 0.494 e.